The van der Waals surface area contributed by atoms with E-state index < -0.39 is 0 Å². The molecule has 0 fully saturated rings. The van der Waals surface area contributed by atoms with Crippen molar-refractivity contribution in [1.29, 1.82) is 0 Å². The Morgan fingerprint density at radius 1 is 1.14 bits per heavy atom. The van der Waals surface area contributed by atoms with Gasteiger partial charge in [0.25, 0.3) is 5.56 Å². The molecule has 180 valence electrons. The Labute approximate surface area is 217 Å². The zero-order valence-electron chi connectivity index (χ0n) is 19.7. The van der Waals surface area contributed by atoms with E-state index in [-0.39, 0.29) is 5.56 Å². The van der Waals surface area contributed by atoms with E-state index in [0.29, 0.717) is 51.8 Å². The zero-order chi connectivity index (χ0) is 24.9. The molecule has 4 aromatic rings. The Morgan fingerprint density at radius 3 is 2.63 bits per heavy atom. The molecule has 0 atom stereocenters. The third kappa shape index (κ3) is 5.74. The summed E-state index contributed by atoms with van der Waals surface area (Å²) in [6.45, 7) is 4.43. The number of nitrogens with zero attached hydrogens (tertiary/aromatic N) is 3. The third-order valence-corrected chi connectivity index (χ3v) is 6.20. The Morgan fingerprint density at radius 2 is 1.91 bits per heavy atom. The van der Waals surface area contributed by atoms with E-state index in [0.717, 1.165) is 16.5 Å². The average Bonchev–Trinajstić information content (AvgIpc) is 2.84. The molecule has 0 aliphatic rings. The number of aromatic nitrogens is 2. The van der Waals surface area contributed by atoms with Gasteiger partial charge in [-0.05, 0) is 54.8 Å². The number of aryl methyl sites for hydroxylation is 2. The molecule has 0 saturated heterocycles. The summed E-state index contributed by atoms with van der Waals surface area (Å²) in [5.41, 5.74) is 3.29. The van der Waals surface area contributed by atoms with E-state index in [1.165, 1.54) is 10.2 Å². The first-order valence-electron chi connectivity index (χ1n) is 11.2. The molecule has 0 amide bonds. The van der Waals surface area contributed by atoms with Crippen molar-refractivity contribution in [2.75, 3.05) is 7.11 Å². The monoisotopic (exact) mass is 553 g/mol. The SMILES string of the molecule is CCCc1nc2ccc(Br)cc2c(=O)n1N=Cc1cc(Cl)c(OCc2ccc(C)cc2)c(OC)c1. The molecule has 0 unspecified atom stereocenters. The molecular weight excluding hydrogens is 530 g/mol. The second-order valence-corrected chi connectivity index (χ2v) is 9.43. The number of benzene rings is 3. The van der Waals surface area contributed by atoms with Crippen LogP contribution in [-0.4, -0.2) is 23.0 Å². The van der Waals surface area contributed by atoms with E-state index in [4.69, 9.17) is 21.1 Å². The maximum atomic E-state index is 13.2. The number of fused-ring (bicyclic) bond motifs is 1. The molecule has 0 saturated carbocycles. The van der Waals surface area contributed by atoms with Crippen molar-refractivity contribution in [2.45, 2.75) is 33.3 Å². The molecule has 1 aromatic heterocycles. The summed E-state index contributed by atoms with van der Waals surface area (Å²) in [5, 5.41) is 5.35. The summed E-state index contributed by atoms with van der Waals surface area (Å²) in [6, 6.07) is 17.0. The van der Waals surface area contributed by atoms with Crippen molar-refractivity contribution in [3.63, 3.8) is 0 Å². The van der Waals surface area contributed by atoms with Gasteiger partial charge in [-0.3, -0.25) is 4.79 Å². The predicted octanol–water partition coefficient (Wildman–Crippen LogP) is 6.54. The van der Waals surface area contributed by atoms with Gasteiger partial charge in [-0.25, -0.2) is 4.98 Å². The summed E-state index contributed by atoms with van der Waals surface area (Å²) in [4.78, 5) is 17.9. The van der Waals surface area contributed by atoms with Crippen LogP contribution in [0.5, 0.6) is 11.5 Å². The standard InChI is InChI=1S/C27H25BrClN3O3/c1-4-5-25-31-23-11-10-20(28)14-21(23)27(33)32(25)30-15-19-12-22(29)26(24(13-19)34-3)35-16-18-8-6-17(2)7-9-18/h6-15H,4-5,16H2,1-3H3. The highest BCUT2D eigenvalue weighted by molar-refractivity contribution is 9.10. The largest absolute Gasteiger partial charge is 0.493 e. The van der Waals surface area contributed by atoms with Crippen LogP contribution in [0.3, 0.4) is 0 Å². The number of hydrogen-bond donors (Lipinski definition) is 0. The van der Waals surface area contributed by atoms with Crippen molar-refractivity contribution in [3.05, 3.63) is 97.0 Å². The fourth-order valence-corrected chi connectivity index (χ4v) is 4.25. The lowest BCUT2D eigenvalue weighted by atomic mass is 10.1. The van der Waals surface area contributed by atoms with Gasteiger partial charge in [-0.2, -0.15) is 9.78 Å². The Kier molecular flexibility index (Phi) is 7.88. The summed E-state index contributed by atoms with van der Waals surface area (Å²) in [5.74, 6) is 1.53. The van der Waals surface area contributed by atoms with Crippen molar-refractivity contribution in [2.24, 2.45) is 5.10 Å². The summed E-state index contributed by atoms with van der Waals surface area (Å²) < 4.78 is 13.6. The molecule has 6 nitrogen and oxygen atoms in total. The van der Waals surface area contributed by atoms with Gasteiger partial charge in [0.1, 0.15) is 12.4 Å². The molecule has 0 N–H and O–H groups in total. The molecule has 8 heteroatoms. The van der Waals surface area contributed by atoms with Crippen LogP contribution in [0.1, 0.15) is 35.9 Å². The van der Waals surface area contributed by atoms with Gasteiger partial charge in [-0.15, -0.1) is 0 Å². The third-order valence-electron chi connectivity index (χ3n) is 5.43. The van der Waals surface area contributed by atoms with E-state index in [2.05, 4.69) is 26.0 Å². The van der Waals surface area contributed by atoms with Gasteiger partial charge in [-0.1, -0.05) is 64.3 Å². The van der Waals surface area contributed by atoms with Crippen molar-refractivity contribution in [3.8, 4) is 11.5 Å². The number of ether oxygens (including phenoxy) is 2. The quantitative estimate of drug-likeness (QED) is 0.232. The maximum absolute atomic E-state index is 13.2. The fourth-order valence-electron chi connectivity index (χ4n) is 3.62. The Hall–Kier alpha value is -3.16. The van der Waals surface area contributed by atoms with E-state index in [9.17, 15) is 4.79 Å². The lowest BCUT2D eigenvalue weighted by Gasteiger charge is -2.13. The van der Waals surface area contributed by atoms with Crippen molar-refractivity contribution in [1.82, 2.24) is 9.66 Å². The van der Waals surface area contributed by atoms with Crippen LogP contribution >= 0.6 is 27.5 Å². The molecule has 3 aromatic carbocycles. The molecule has 0 bridgehead atoms. The number of halogens is 2. The van der Waals surface area contributed by atoms with Gasteiger partial charge < -0.3 is 9.47 Å². The minimum Gasteiger partial charge on any atom is -0.493 e. The van der Waals surface area contributed by atoms with Gasteiger partial charge in [0.2, 0.25) is 0 Å². The van der Waals surface area contributed by atoms with Crippen molar-refractivity contribution >= 4 is 44.6 Å². The smallest absolute Gasteiger partial charge is 0.282 e. The normalized spacial score (nSPS) is 11.3. The van der Waals surface area contributed by atoms with Crippen LogP contribution in [0.2, 0.25) is 5.02 Å². The van der Waals surface area contributed by atoms with Crippen LogP contribution in [0.4, 0.5) is 0 Å². The van der Waals surface area contributed by atoms with Gasteiger partial charge >= 0.3 is 0 Å². The minimum atomic E-state index is -0.230. The second kappa shape index (κ2) is 11.1. The highest BCUT2D eigenvalue weighted by Gasteiger charge is 2.13. The first kappa shape index (κ1) is 24.9. The van der Waals surface area contributed by atoms with Gasteiger partial charge in [0, 0.05) is 10.9 Å². The van der Waals surface area contributed by atoms with Crippen LogP contribution in [0.15, 0.2) is 69.0 Å². The maximum Gasteiger partial charge on any atom is 0.282 e. The summed E-state index contributed by atoms with van der Waals surface area (Å²) in [6.07, 6.45) is 3.02. The Bertz CT molecular complexity index is 1450. The van der Waals surface area contributed by atoms with E-state index >= 15 is 0 Å². The fraction of sp³-hybridized carbons (Fsp3) is 0.222. The molecule has 4 rings (SSSR count). The molecule has 0 spiro atoms. The van der Waals surface area contributed by atoms with Crippen LogP contribution in [0, 0.1) is 6.92 Å². The van der Waals surface area contributed by atoms with Gasteiger partial charge in [0.05, 0.1) is 29.2 Å². The number of rotatable bonds is 8. The summed E-state index contributed by atoms with van der Waals surface area (Å²) >= 11 is 9.96. The van der Waals surface area contributed by atoms with Crippen LogP contribution in [-0.2, 0) is 13.0 Å². The van der Waals surface area contributed by atoms with Gasteiger partial charge in [0.15, 0.2) is 11.5 Å². The molecule has 35 heavy (non-hydrogen) atoms. The van der Waals surface area contributed by atoms with E-state index in [1.807, 2.05) is 50.2 Å². The highest BCUT2D eigenvalue weighted by atomic mass is 79.9. The molecule has 0 aliphatic carbocycles. The van der Waals surface area contributed by atoms with Crippen molar-refractivity contribution < 1.29 is 9.47 Å². The highest BCUT2D eigenvalue weighted by Crippen LogP contribution is 2.36. The van der Waals surface area contributed by atoms with Crippen LogP contribution < -0.4 is 15.0 Å². The number of hydrogen-bond acceptors (Lipinski definition) is 5. The number of methoxy groups -OCH3 is 1. The zero-order valence-corrected chi connectivity index (χ0v) is 22.1. The lowest BCUT2D eigenvalue weighted by molar-refractivity contribution is 0.284. The Balaban J connectivity index is 1.66. The predicted molar refractivity (Wildman–Crippen MR) is 144 cm³/mol. The first-order valence-corrected chi connectivity index (χ1v) is 12.4. The average molecular weight is 555 g/mol. The minimum absolute atomic E-state index is 0.230. The van der Waals surface area contributed by atoms with E-state index in [1.54, 1.807) is 31.5 Å². The first-order chi connectivity index (χ1) is 16.9. The second-order valence-electron chi connectivity index (χ2n) is 8.11. The molecular formula is C27H25BrClN3O3. The molecule has 0 radical (unpaired) electrons. The molecule has 0 aliphatic heterocycles. The lowest BCUT2D eigenvalue weighted by Crippen LogP contribution is -2.22. The topological polar surface area (TPSA) is 65.7 Å². The molecule has 1 heterocycles. The van der Waals surface area contributed by atoms with Crippen LogP contribution in [0.25, 0.3) is 10.9 Å². The summed E-state index contributed by atoms with van der Waals surface area (Å²) in [7, 11) is 1.56.